The quantitative estimate of drug-likeness (QED) is 0.788. The van der Waals surface area contributed by atoms with Gasteiger partial charge in [-0.15, -0.1) is 0 Å². The number of piperidine rings is 1. The molecule has 1 saturated heterocycles. The SMILES string of the molecule is CCCS(=O)(=O)N1CCC(NCC)C(CC)C1. The van der Waals surface area contributed by atoms with Crippen molar-refractivity contribution >= 4 is 10.0 Å². The van der Waals surface area contributed by atoms with Crippen molar-refractivity contribution in [3.63, 3.8) is 0 Å². The van der Waals surface area contributed by atoms with E-state index in [1.807, 2.05) is 6.92 Å². The molecule has 1 N–H and O–H groups in total. The Labute approximate surface area is 106 Å². The molecule has 0 bridgehead atoms. The highest BCUT2D eigenvalue weighted by molar-refractivity contribution is 7.89. The molecule has 1 rings (SSSR count). The van der Waals surface area contributed by atoms with Crippen LogP contribution in [0.25, 0.3) is 0 Å². The number of nitrogens with one attached hydrogen (secondary N) is 1. The summed E-state index contributed by atoms with van der Waals surface area (Å²) in [6.45, 7) is 8.49. The van der Waals surface area contributed by atoms with Gasteiger partial charge in [0.05, 0.1) is 5.75 Å². The van der Waals surface area contributed by atoms with E-state index in [2.05, 4.69) is 19.2 Å². The second kappa shape index (κ2) is 6.71. The van der Waals surface area contributed by atoms with E-state index in [-0.39, 0.29) is 5.75 Å². The summed E-state index contributed by atoms with van der Waals surface area (Å²) in [7, 11) is -3.01. The highest BCUT2D eigenvalue weighted by atomic mass is 32.2. The maximum atomic E-state index is 12.0. The second-order valence-electron chi connectivity index (χ2n) is 4.80. The normalized spacial score (nSPS) is 27.2. The van der Waals surface area contributed by atoms with Crippen LogP contribution < -0.4 is 5.32 Å². The Bertz CT molecular complexity index is 316. The first-order valence-corrected chi connectivity index (χ1v) is 8.37. The lowest BCUT2D eigenvalue weighted by molar-refractivity contribution is 0.204. The molecule has 0 aromatic heterocycles. The Kier molecular flexibility index (Phi) is 5.89. The topological polar surface area (TPSA) is 49.4 Å². The van der Waals surface area contributed by atoms with E-state index >= 15 is 0 Å². The number of hydrogen-bond donors (Lipinski definition) is 1. The second-order valence-corrected chi connectivity index (χ2v) is 6.88. The maximum Gasteiger partial charge on any atom is 0.214 e. The zero-order valence-corrected chi connectivity index (χ0v) is 12.1. The van der Waals surface area contributed by atoms with Crippen molar-refractivity contribution < 1.29 is 8.42 Å². The molecule has 2 atom stereocenters. The third kappa shape index (κ3) is 3.93. The van der Waals surface area contributed by atoms with Crippen molar-refractivity contribution in [2.75, 3.05) is 25.4 Å². The van der Waals surface area contributed by atoms with Gasteiger partial charge >= 0.3 is 0 Å². The molecule has 0 aliphatic carbocycles. The predicted molar refractivity (Wildman–Crippen MR) is 71.5 cm³/mol. The molecule has 1 aliphatic heterocycles. The minimum Gasteiger partial charge on any atom is -0.314 e. The molecule has 1 heterocycles. The number of nitrogens with zero attached hydrogens (tertiary/aromatic N) is 1. The molecule has 0 saturated carbocycles. The lowest BCUT2D eigenvalue weighted by Gasteiger charge is -2.37. The summed E-state index contributed by atoms with van der Waals surface area (Å²) in [6.07, 6.45) is 2.68. The van der Waals surface area contributed by atoms with Crippen LogP contribution in [0.4, 0.5) is 0 Å². The minimum atomic E-state index is -3.01. The summed E-state index contributed by atoms with van der Waals surface area (Å²) in [6, 6.07) is 0.484. The molecule has 0 aromatic carbocycles. The minimum absolute atomic E-state index is 0.287. The fraction of sp³-hybridized carbons (Fsp3) is 1.00. The fourth-order valence-electron chi connectivity index (χ4n) is 2.58. The number of sulfonamides is 1. The molecular formula is C12H26N2O2S. The van der Waals surface area contributed by atoms with Gasteiger partial charge < -0.3 is 5.32 Å². The van der Waals surface area contributed by atoms with Crippen molar-refractivity contribution in [1.82, 2.24) is 9.62 Å². The maximum absolute atomic E-state index is 12.0. The first-order valence-electron chi connectivity index (χ1n) is 6.76. The van der Waals surface area contributed by atoms with Crippen molar-refractivity contribution in [3.8, 4) is 0 Å². The lowest BCUT2D eigenvalue weighted by atomic mass is 9.91. The highest BCUT2D eigenvalue weighted by Gasteiger charge is 2.32. The molecule has 0 radical (unpaired) electrons. The summed E-state index contributed by atoms with van der Waals surface area (Å²) >= 11 is 0. The van der Waals surface area contributed by atoms with Gasteiger partial charge in [0.15, 0.2) is 0 Å². The summed E-state index contributed by atoms with van der Waals surface area (Å²) in [5, 5.41) is 3.47. The van der Waals surface area contributed by atoms with E-state index in [4.69, 9.17) is 0 Å². The van der Waals surface area contributed by atoms with Gasteiger partial charge in [0.25, 0.3) is 0 Å². The van der Waals surface area contributed by atoms with Crippen molar-refractivity contribution in [2.45, 2.75) is 46.1 Å². The van der Waals surface area contributed by atoms with E-state index in [9.17, 15) is 8.42 Å². The Morgan fingerprint density at radius 1 is 1.29 bits per heavy atom. The fourth-order valence-corrected chi connectivity index (χ4v) is 4.16. The largest absolute Gasteiger partial charge is 0.314 e. The third-order valence-electron chi connectivity index (χ3n) is 3.54. The van der Waals surface area contributed by atoms with Gasteiger partial charge in [0.2, 0.25) is 10.0 Å². The third-order valence-corrected chi connectivity index (χ3v) is 5.59. The van der Waals surface area contributed by atoms with Crippen LogP contribution in [0, 0.1) is 5.92 Å². The molecule has 2 unspecified atom stereocenters. The Hall–Kier alpha value is -0.130. The van der Waals surface area contributed by atoms with Crippen LogP contribution >= 0.6 is 0 Å². The van der Waals surface area contributed by atoms with Gasteiger partial charge in [-0.25, -0.2) is 12.7 Å². The predicted octanol–water partition coefficient (Wildman–Crippen LogP) is 1.44. The van der Waals surface area contributed by atoms with Gasteiger partial charge in [0, 0.05) is 19.1 Å². The van der Waals surface area contributed by atoms with E-state index in [1.165, 1.54) is 0 Å². The van der Waals surface area contributed by atoms with Gasteiger partial charge in [-0.2, -0.15) is 0 Å². The van der Waals surface area contributed by atoms with Crippen LogP contribution in [0.2, 0.25) is 0 Å². The van der Waals surface area contributed by atoms with Crippen LogP contribution in [0.1, 0.15) is 40.0 Å². The van der Waals surface area contributed by atoms with Crippen LogP contribution in [0.15, 0.2) is 0 Å². The summed E-state index contributed by atoms with van der Waals surface area (Å²) in [5.74, 6) is 0.741. The molecule has 1 fully saturated rings. The van der Waals surface area contributed by atoms with Crippen molar-refractivity contribution in [1.29, 1.82) is 0 Å². The average Bonchev–Trinajstić information content (AvgIpc) is 2.29. The molecule has 4 nitrogen and oxygen atoms in total. The number of hydrogen-bond acceptors (Lipinski definition) is 3. The summed E-state index contributed by atoms with van der Waals surface area (Å²) in [5.41, 5.74) is 0. The summed E-state index contributed by atoms with van der Waals surface area (Å²) < 4.78 is 25.7. The highest BCUT2D eigenvalue weighted by Crippen LogP contribution is 2.22. The van der Waals surface area contributed by atoms with Crippen LogP contribution in [0.3, 0.4) is 0 Å². The van der Waals surface area contributed by atoms with E-state index in [0.29, 0.717) is 31.5 Å². The van der Waals surface area contributed by atoms with Gasteiger partial charge in [0.1, 0.15) is 0 Å². The van der Waals surface area contributed by atoms with E-state index < -0.39 is 10.0 Å². The monoisotopic (exact) mass is 262 g/mol. The molecule has 0 amide bonds. The van der Waals surface area contributed by atoms with Gasteiger partial charge in [-0.05, 0) is 25.3 Å². The zero-order chi connectivity index (χ0) is 12.9. The Morgan fingerprint density at radius 3 is 2.53 bits per heavy atom. The first kappa shape index (κ1) is 14.9. The first-order chi connectivity index (χ1) is 8.05. The molecule has 0 spiro atoms. The Balaban J connectivity index is 2.64. The van der Waals surface area contributed by atoms with Crippen molar-refractivity contribution in [2.24, 2.45) is 5.92 Å². The average molecular weight is 262 g/mol. The van der Waals surface area contributed by atoms with E-state index in [1.54, 1.807) is 4.31 Å². The van der Waals surface area contributed by atoms with E-state index in [0.717, 1.165) is 19.4 Å². The summed E-state index contributed by atoms with van der Waals surface area (Å²) in [4.78, 5) is 0. The molecule has 5 heteroatoms. The molecular weight excluding hydrogens is 236 g/mol. The van der Waals surface area contributed by atoms with Crippen molar-refractivity contribution in [3.05, 3.63) is 0 Å². The van der Waals surface area contributed by atoms with Crippen LogP contribution in [-0.4, -0.2) is 44.2 Å². The van der Waals surface area contributed by atoms with Crippen LogP contribution in [-0.2, 0) is 10.0 Å². The molecule has 102 valence electrons. The Morgan fingerprint density at radius 2 is 2.00 bits per heavy atom. The molecule has 0 aromatic rings. The molecule has 1 aliphatic rings. The lowest BCUT2D eigenvalue weighted by Crippen LogP contribution is -2.51. The standard InChI is InChI=1S/C12H26N2O2S/c1-4-9-17(15,16)14-8-7-12(13-6-3)11(5-2)10-14/h11-13H,4-10H2,1-3H3. The molecule has 17 heavy (non-hydrogen) atoms. The number of rotatable bonds is 6. The smallest absolute Gasteiger partial charge is 0.214 e. The van der Waals surface area contributed by atoms with Gasteiger partial charge in [-0.3, -0.25) is 0 Å². The van der Waals surface area contributed by atoms with Gasteiger partial charge in [-0.1, -0.05) is 27.2 Å². The zero-order valence-electron chi connectivity index (χ0n) is 11.3. The van der Waals surface area contributed by atoms with Crippen LogP contribution in [0.5, 0.6) is 0 Å².